The van der Waals surface area contributed by atoms with Crippen molar-refractivity contribution >= 4 is 5.91 Å². The van der Waals surface area contributed by atoms with Gasteiger partial charge >= 0.3 is 0 Å². The molecule has 0 heterocycles. The molecule has 1 N–H and O–H groups in total. The third kappa shape index (κ3) is 4.88. The smallest absolute Gasteiger partial charge is 0.248 e. The molecule has 100 valence electrons. The number of benzene rings is 1. The van der Waals surface area contributed by atoms with E-state index in [2.05, 4.69) is 38.1 Å². The SMILES string of the molecule is CC(C)Cc1ccc(CCN(C)C(=O)CO)cc1. The van der Waals surface area contributed by atoms with E-state index in [-0.39, 0.29) is 5.91 Å². The lowest BCUT2D eigenvalue weighted by atomic mass is 10.0. The second-order valence-electron chi connectivity index (χ2n) is 5.14. The molecule has 1 amide bonds. The zero-order chi connectivity index (χ0) is 13.5. The zero-order valence-corrected chi connectivity index (χ0v) is 11.5. The Morgan fingerprint density at radius 3 is 2.28 bits per heavy atom. The van der Waals surface area contributed by atoms with Crippen LogP contribution in [0, 0.1) is 5.92 Å². The summed E-state index contributed by atoms with van der Waals surface area (Å²) in [5, 5.41) is 8.73. The van der Waals surface area contributed by atoms with Gasteiger partial charge in [0.2, 0.25) is 5.91 Å². The van der Waals surface area contributed by atoms with Gasteiger partial charge in [-0.3, -0.25) is 4.79 Å². The quantitative estimate of drug-likeness (QED) is 0.836. The summed E-state index contributed by atoms with van der Waals surface area (Å²) < 4.78 is 0. The minimum Gasteiger partial charge on any atom is -0.387 e. The molecular formula is C15H23NO2. The number of amides is 1. The number of hydrogen-bond donors (Lipinski definition) is 1. The first-order valence-electron chi connectivity index (χ1n) is 6.45. The molecule has 3 nitrogen and oxygen atoms in total. The number of rotatable bonds is 6. The third-order valence-corrected chi connectivity index (χ3v) is 2.96. The first-order valence-corrected chi connectivity index (χ1v) is 6.45. The topological polar surface area (TPSA) is 40.5 Å². The van der Waals surface area contributed by atoms with Crippen LogP contribution < -0.4 is 0 Å². The first kappa shape index (κ1) is 14.7. The van der Waals surface area contributed by atoms with Crippen molar-refractivity contribution in [1.29, 1.82) is 0 Å². The van der Waals surface area contributed by atoms with Gasteiger partial charge in [0, 0.05) is 13.6 Å². The summed E-state index contributed by atoms with van der Waals surface area (Å²) in [5.41, 5.74) is 2.58. The molecule has 0 bridgehead atoms. The highest BCUT2D eigenvalue weighted by atomic mass is 16.3. The van der Waals surface area contributed by atoms with Crippen LogP contribution in [0.2, 0.25) is 0 Å². The molecule has 1 rings (SSSR count). The van der Waals surface area contributed by atoms with Gasteiger partial charge in [0.25, 0.3) is 0 Å². The molecule has 1 aromatic rings. The van der Waals surface area contributed by atoms with Crippen LogP contribution in [0.5, 0.6) is 0 Å². The van der Waals surface area contributed by atoms with Gasteiger partial charge in [0.05, 0.1) is 0 Å². The molecular weight excluding hydrogens is 226 g/mol. The first-order chi connectivity index (χ1) is 8.52. The average molecular weight is 249 g/mol. The van der Waals surface area contributed by atoms with E-state index in [9.17, 15) is 4.79 Å². The van der Waals surface area contributed by atoms with Crippen LogP contribution in [0.4, 0.5) is 0 Å². The Bertz CT molecular complexity index is 371. The summed E-state index contributed by atoms with van der Waals surface area (Å²) >= 11 is 0. The van der Waals surface area contributed by atoms with E-state index in [4.69, 9.17) is 5.11 Å². The fraction of sp³-hybridized carbons (Fsp3) is 0.533. The molecule has 0 atom stereocenters. The third-order valence-electron chi connectivity index (χ3n) is 2.96. The minimum absolute atomic E-state index is 0.230. The van der Waals surface area contributed by atoms with Gasteiger partial charge in [0.1, 0.15) is 6.61 Å². The van der Waals surface area contributed by atoms with Crippen molar-refractivity contribution in [3.8, 4) is 0 Å². The highest BCUT2D eigenvalue weighted by Gasteiger charge is 2.06. The summed E-state index contributed by atoms with van der Waals surface area (Å²) in [6.45, 7) is 4.65. The molecule has 0 unspecified atom stereocenters. The predicted molar refractivity (Wildman–Crippen MR) is 73.4 cm³/mol. The maximum absolute atomic E-state index is 11.2. The molecule has 0 aliphatic heterocycles. The molecule has 0 spiro atoms. The Labute approximate surface area is 109 Å². The number of likely N-dealkylation sites (N-methyl/N-ethyl adjacent to an activating group) is 1. The Balaban J connectivity index is 2.46. The Morgan fingerprint density at radius 2 is 1.78 bits per heavy atom. The number of aliphatic hydroxyl groups is 1. The van der Waals surface area contributed by atoms with Crippen LogP contribution in [0.25, 0.3) is 0 Å². The Morgan fingerprint density at radius 1 is 1.22 bits per heavy atom. The normalized spacial score (nSPS) is 10.7. The molecule has 0 aliphatic carbocycles. The second-order valence-corrected chi connectivity index (χ2v) is 5.14. The maximum atomic E-state index is 11.2. The van der Waals surface area contributed by atoms with Crippen LogP contribution in [-0.2, 0) is 17.6 Å². The average Bonchev–Trinajstić information content (AvgIpc) is 2.36. The maximum Gasteiger partial charge on any atom is 0.248 e. The summed E-state index contributed by atoms with van der Waals surface area (Å²) in [6, 6.07) is 8.55. The van der Waals surface area contributed by atoms with Gasteiger partial charge in [-0.2, -0.15) is 0 Å². The Kier molecular flexibility index (Phi) is 5.86. The molecule has 0 aromatic heterocycles. The van der Waals surface area contributed by atoms with E-state index in [1.807, 2.05) is 0 Å². The van der Waals surface area contributed by atoms with Gasteiger partial charge in [-0.25, -0.2) is 0 Å². The zero-order valence-electron chi connectivity index (χ0n) is 11.5. The van der Waals surface area contributed by atoms with Crippen LogP contribution in [0.3, 0.4) is 0 Å². The largest absolute Gasteiger partial charge is 0.387 e. The lowest BCUT2D eigenvalue weighted by Crippen LogP contribution is -2.31. The van der Waals surface area contributed by atoms with Gasteiger partial charge in [-0.05, 0) is 29.9 Å². The van der Waals surface area contributed by atoms with Crippen molar-refractivity contribution in [2.45, 2.75) is 26.7 Å². The van der Waals surface area contributed by atoms with Gasteiger partial charge in [-0.15, -0.1) is 0 Å². The summed E-state index contributed by atoms with van der Waals surface area (Å²) in [4.78, 5) is 12.7. The lowest BCUT2D eigenvalue weighted by Gasteiger charge is -2.15. The number of hydrogen-bond acceptors (Lipinski definition) is 2. The molecule has 0 fully saturated rings. The van der Waals surface area contributed by atoms with Crippen molar-refractivity contribution in [3.63, 3.8) is 0 Å². The fourth-order valence-electron chi connectivity index (χ4n) is 1.86. The van der Waals surface area contributed by atoms with Gasteiger partial charge in [0.15, 0.2) is 0 Å². The molecule has 0 radical (unpaired) electrons. The van der Waals surface area contributed by atoms with E-state index in [1.165, 1.54) is 11.1 Å². The molecule has 0 saturated carbocycles. The van der Waals surface area contributed by atoms with Crippen molar-refractivity contribution in [3.05, 3.63) is 35.4 Å². The van der Waals surface area contributed by atoms with Gasteiger partial charge in [-0.1, -0.05) is 38.1 Å². The van der Waals surface area contributed by atoms with E-state index >= 15 is 0 Å². The number of nitrogens with zero attached hydrogens (tertiary/aromatic N) is 1. The highest BCUT2D eigenvalue weighted by molar-refractivity contribution is 5.76. The molecule has 0 aliphatic rings. The van der Waals surface area contributed by atoms with Crippen LogP contribution in [0.15, 0.2) is 24.3 Å². The van der Waals surface area contributed by atoms with Crippen LogP contribution in [0.1, 0.15) is 25.0 Å². The summed E-state index contributed by atoms with van der Waals surface area (Å²) in [5.74, 6) is 0.440. The molecule has 0 saturated heterocycles. The number of carbonyl (C=O) groups is 1. The monoisotopic (exact) mass is 249 g/mol. The fourth-order valence-corrected chi connectivity index (χ4v) is 1.86. The molecule has 18 heavy (non-hydrogen) atoms. The Hall–Kier alpha value is -1.35. The minimum atomic E-state index is -0.413. The van der Waals surface area contributed by atoms with E-state index < -0.39 is 6.61 Å². The van der Waals surface area contributed by atoms with E-state index in [0.29, 0.717) is 12.5 Å². The van der Waals surface area contributed by atoms with E-state index in [1.54, 1.807) is 11.9 Å². The molecule has 1 aromatic carbocycles. The number of aliphatic hydroxyl groups excluding tert-OH is 1. The summed E-state index contributed by atoms with van der Waals surface area (Å²) in [6.07, 6.45) is 1.92. The van der Waals surface area contributed by atoms with Crippen molar-refractivity contribution in [2.24, 2.45) is 5.92 Å². The van der Waals surface area contributed by atoms with Crippen LogP contribution >= 0.6 is 0 Å². The molecule has 3 heteroatoms. The summed E-state index contributed by atoms with van der Waals surface area (Å²) in [7, 11) is 1.71. The van der Waals surface area contributed by atoms with Crippen molar-refractivity contribution in [1.82, 2.24) is 4.90 Å². The van der Waals surface area contributed by atoms with Gasteiger partial charge < -0.3 is 10.0 Å². The standard InChI is InChI=1S/C15H23NO2/c1-12(2)10-14-6-4-13(5-7-14)8-9-16(3)15(18)11-17/h4-7,12,17H,8-11H2,1-3H3. The predicted octanol–water partition coefficient (Wildman–Crippen LogP) is 1.88. The van der Waals surface area contributed by atoms with E-state index in [0.717, 1.165) is 12.8 Å². The van der Waals surface area contributed by atoms with Crippen molar-refractivity contribution in [2.75, 3.05) is 20.2 Å². The lowest BCUT2D eigenvalue weighted by molar-refractivity contribution is -0.132. The second kappa shape index (κ2) is 7.17. The highest BCUT2D eigenvalue weighted by Crippen LogP contribution is 2.10. The number of carbonyl (C=O) groups excluding carboxylic acids is 1. The van der Waals surface area contributed by atoms with Crippen LogP contribution in [-0.4, -0.2) is 36.1 Å². The van der Waals surface area contributed by atoms with Crippen molar-refractivity contribution < 1.29 is 9.90 Å².